The molecule has 134 valence electrons. The van der Waals surface area contributed by atoms with Gasteiger partial charge in [0.05, 0.1) is 11.1 Å². The van der Waals surface area contributed by atoms with Crippen molar-refractivity contribution in [2.24, 2.45) is 0 Å². The first-order valence-electron chi connectivity index (χ1n) is 8.95. The van der Waals surface area contributed by atoms with Crippen LogP contribution in [-0.2, 0) is 11.2 Å². The SMILES string of the molecule is CN1CCNC(=O)C12CCN(C(=O)c1coc3c1C(=O)CCC3)CC2. The normalized spacial score (nSPS) is 23.5. The van der Waals surface area contributed by atoms with Gasteiger partial charge in [0.2, 0.25) is 5.91 Å². The van der Waals surface area contributed by atoms with E-state index in [1.54, 1.807) is 4.90 Å². The van der Waals surface area contributed by atoms with Gasteiger partial charge in [-0.15, -0.1) is 0 Å². The first-order valence-corrected chi connectivity index (χ1v) is 8.95. The molecule has 0 bridgehead atoms. The van der Waals surface area contributed by atoms with Crippen molar-refractivity contribution >= 4 is 17.6 Å². The summed E-state index contributed by atoms with van der Waals surface area (Å²) in [4.78, 5) is 41.4. The molecule has 2 aliphatic heterocycles. The Balaban J connectivity index is 1.52. The summed E-state index contributed by atoms with van der Waals surface area (Å²) in [5.41, 5.74) is 0.349. The predicted molar refractivity (Wildman–Crippen MR) is 89.5 cm³/mol. The van der Waals surface area contributed by atoms with Crippen LogP contribution in [0.15, 0.2) is 10.7 Å². The number of hydrogen-bond donors (Lipinski definition) is 1. The molecule has 0 atom stereocenters. The fourth-order valence-electron chi connectivity index (χ4n) is 4.33. The average molecular weight is 345 g/mol. The molecule has 1 aromatic rings. The number of ketones is 1. The third kappa shape index (κ3) is 2.49. The van der Waals surface area contributed by atoms with Crippen molar-refractivity contribution < 1.29 is 18.8 Å². The molecule has 2 saturated heterocycles. The highest BCUT2D eigenvalue weighted by Crippen LogP contribution is 2.32. The van der Waals surface area contributed by atoms with Crippen LogP contribution in [0.1, 0.15) is 52.2 Å². The number of likely N-dealkylation sites (tertiary alicyclic amines) is 1. The number of rotatable bonds is 1. The Morgan fingerprint density at radius 2 is 1.96 bits per heavy atom. The number of piperidine rings is 1. The first-order chi connectivity index (χ1) is 12.0. The van der Waals surface area contributed by atoms with Crippen LogP contribution in [0.4, 0.5) is 0 Å². The largest absolute Gasteiger partial charge is 0.468 e. The van der Waals surface area contributed by atoms with E-state index in [0.717, 1.165) is 13.0 Å². The highest BCUT2D eigenvalue weighted by atomic mass is 16.3. The second kappa shape index (κ2) is 5.98. The zero-order valence-electron chi connectivity index (χ0n) is 14.5. The summed E-state index contributed by atoms with van der Waals surface area (Å²) in [5, 5.41) is 2.95. The Labute approximate surface area is 146 Å². The fraction of sp³-hybridized carbons (Fsp3) is 0.611. The highest BCUT2D eigenvalue weighted by molar-refractivity contribution is 6.09. The molecule has 0 unspecified atom stereocenters. The highest BCUT2D eigenvalue weighted by Gasteiger charge is 2.47. The molecular formula is C18H23N3O4. The molecule has 3 heterocycles. The number of hydrogen-bond acceptors (Lipinski definition) is 5. The monoisotopic (exact) mass is 345 g/mol. The van der Waals surface area contributed by atoms with E-state index in [-0.39, 0.29) is 17.6 Å². The van der Waals surface area contributed by atoms with E-state index in [1.165, 1.54) is 6.26 Å². The standard InChI is InChI=1S/C18H23N3O4/c1-20-10-7-19-17(24)18(20)5-8-21(9-6-18)16(23)12-11-25-14-4-2-3-13(22)15(12)14/h11H,2-10H2,1H3,(H,19,24). The van der Waals surface area contributed by atoms with Crippen LogP contribution in [0.2, 0.25) is 0 Å². The lowest BCUT2D eigenvalue weighted by Crippen LogP contribution is -2.67. The summed E-state index contributed by atoms with van der Waals surface area (Å²) in [6, 6.07) is 0. The molecule has 1 N–H and O–H groups in total. The lowest BCUT2D eigenvalue weighted by Gasteiger charge is -2.48. The third-order valence-electron chi connectivity index (χ3n) is 5.95. The summed E-state index contributed by atoms with van der Waals surface area (Å²) in [6.07, 6.45) is 4.61. The minimum atomic E-state index is -0.513. The van der Waals surface area contributed by atoms with Crippen LogP contribution in [0, 0.1) is 0 Å². The fourth-order valence-corrected chi connectivity index (χ4v) is 4.33. The molecule has 4 rings (SSSR count). The molecule has 0 saturated carbocycles. The number of Topliss-reactive ketones (excluding diaryl/α,β-unsaturated/α-hetero) is 1. The number of carbonyl (C=O) groups excluding carboxylic acids is 3. The van der Waals surface area contributed by atoms with Crippen molar-refractivity contribution in [3.63, 3.8) is 0 Å². The number of aryl methyl sites for hydroxylation is 1. The molecule has 2 fully saturated rings. The molecule has 7 heteroatoms. The van der Waals surface area contributed by atoms with Crippen LogP contribution in [0.3, 0.4) is 0 Å². The Hall–Kier alpha value is -2.15. The lowest BCUT2D eigenvalue weighted by molar-refractivity contribution is -0.139. The Morgan fingerprint density at radius 3 is 2.68 bits per heavy atom. The van der Waals surface area contributed by atoms with Gasteiger partial charge in [-0.05, 0) is 26.3 Å². The third-order valence-corrected chi connectivity index (χ3v) is 5.95. The van der Waals surface area contributed by atoms with E-state index in [1.807, 2.05) is 7.05 Å². The quantitative estimate of drug-likeness (QED) is 0.815. The van der Waals surface area contributed by atoms with Gasteiger partial charge in [-0.3, -0.25) is 19.3 Å². The molecule has 2 amide bonds. The van der Waals surface area contributed by atoms with Crippen molar-refractivity contribution in [3.8, 4) is 0 Å². The van der Waals surface area contributed by atoms with Gasteiger partial charge < -0.3 is 14.6 Å². The van der Waals surface area contributed by atoms with Crippen molar-refractivity contribution in [2.45, 2.75) is 37.6 Å². The van der Waals surface area contributed by atoms with Gasteiger partial charge in [0, 0.05) is 39.0 Å². The molecule has 7 nitrogen and oxygen atoms in total. The Bertz CT molecular complexity index is 731. The topological polar surface area (TPSA) is 82.9 Å². The summed E-state index contributed by atoms with van der Waals surface area (Å²) in [7, 11) is 1.97. The molecule has 1 spiro atoms. The molecular weight excluding hydrogens is 322 g/mol. The van der Waals surface area contributed by atoms with Crippen molar-refractivity contribution in [2.75, 3.05) is 33.2 Å². The minimum Gasteiger partial charge on any atom is -0.468 e. The number of nitrogens with zero attached hydrogens (tertiary/aromatic N) is 2. The van der Waals surface area contributed by atoms with Gasteiger partial charge in [0.1, 0.15) is 17.6 Å². The summed E-state index contributed by atoms with van der Waals surface area (Å²) in [6.45, 7) is 2.50. The van der Waals surface area contributed by atoms with Gasteiger partial charge in [-0.1, -0.05) is 0 Å². The molecule has 25 heavy (non-hydrogen) atoms. The van der Waals surface area contributed by atoms with Crippen LogP contribution < -0.4 is 5.32 Å². The maximum Gasteiger partial charge on any atom is 0.257 e. The van der Waals surface area contributed by atoms with E-state index in [9.17, 15) is 14.4 Å². The minimum absolute atomic E-state index is 0.00165. The van der Waals surface area contributed by atoms with E-state index >= 15 is 0 Å². The van der Waals surface area contributed by atoms with Crippen LogP contribution in [0.25, 0.3) is 0 Å². The number of likely N-dealkylation sites (N-methyl/N-ethyl adjacent to an activating group) is 1. The predicted octanol–water partition coefficient (Wildman–Crippen LogP) is 0.835. The lowest BCUT2D eigenvalue weighted by atomic mass is 9.83. The summed E-state index contributed by atoms with van der Waals surface area (Å²) in [5.74, 6) is 0.538. The van der Waals surface area contributed by atoms with Gasteiger partial charge in [0.15, 0.2) is 5.78 Å². The zero-order chi connectivity index (χ0) is 17.6. The Morgan fingerprint density at radius 1 is 1.20 bits per heavy atom. The molecule has 0 radical (unpaired) electrons. The number of carbonyl (C=O) groups is 3. The second-order valence-corrected chi connectivity index (χ2v) is 7.23. The van der Waals surface area contributed by atoms with E-state index in [0.29, 0.717) is 62.2 Å². The molecule has 0 aromatic carbocycles. The van der Waals surface area contributed by atoms with E-state index in [4.69, 9.17) is 4.42 Å². The van der Waals surface area contributed by atoms with Crippen molar-refractivity contribution in [3.05, 3.63) is 23.2 Å². The van der Waals surface area contributed by atoms with Gasteiger partial charge in [0.25, 0.3) is 5.91 Å². The van der Waals surface area contributed by atoms with Crippen molar-refractivity contribution in [1.29, 1.82) is 0 Å². The molecule has 1 aliphatic carbocycles. The average Bonchev–Trinajstić information content (AvgIpc) is 3.05. The van der Waals surface area contributed by atoms with Gasteiger partial charge in [-0.25, -0.2) is 0 Å². The Kier molecular flexibility index (Phi) is 3.91. The smallest absolute Gasteiger partial charge is 0.257 e. The van der Waals surface area contributed by atoms with E-state index in [2.05, 4.69) is 10.2 Å². The maximum absolute atomic E-state index is 12.9. The summed E-state index contributed by atoms with van der Waals surface area (Å²) < 4.78 is 5.47. The number of amides is 2. The maximum atomic E-state index is 12.9. The number of piperazine rings is 1. The number of nitrogens with one attached hydrogen (secondary N) is 1. The molecule has 1 aromatic heterocycles. The van der Waals surface area contributed by atoms with Crippen LogP contribution in [0.5, 0.6) is 0 Å². The second-order valence-electron chi connectivity index (χ2n) is 7.23. The van der Waals surface area contributed by atoms with Gasteiger partial charge >= 0.3 is 0 Å². The zero-order valence-corrected chi connectivity index (χ0v) is 14.5. The van der Waals surface area contributed by atoms with Crippen LogP contribution >= 0.6 is 0 Å². The van der Waals surface area contributed by atoms with E-state index < -0.39 is 5.54 Å². The van der Waals surface area contributed by atoms with Gasteiger partial charge in [-0.2, -0.15) is 0 Å². The number of furan rings is 1. The number of fused-ring (bicyclic) bond motifs is 1. The van der Waals surface area contributed by atoms with Crippen molar-refractivity contribution in [1.82, 2.24) is 15.1 Å². The molecule has 3 aliphatic rings. The first kappa shape index (κ1) is 16.3. The summed E-state index contributed by atoms with van der Waals surface area (Å²) >= 11 is 0. The van der Waals surface area contributed by atoms with Crippen LogP contribution in [-0.4, -0.2) is 66.2 Å².